The van der Waals surface area contributed by atoms with Gasteiger partial charge in [-0.25, -0.2) is 4.98 Å². The number of rotatable bonds is 3. The fraction of sp³-hybridized carbons (Fsp3) is 0. The minimum absolute atomic E-state index is 0.0958. The Balaban J connectivity index is 1.74. The maximum absolute atomic E-state index is 11.4. The van der Waals surface area contributed by atoms with Crippen molar-refractivity contribution in [3.63, 3.8) is 0 Å². The summed E-state index contributed by atoms with van der Waals surface area (Å²) < 4.78 is 0. The molecule has 156 valence electrons. The number of nitro benzene ring substituents is 2. The zero-order valence-electron chi connectivity index (χ0n) is 16.8. The molecular formula is C23H12BN5O4. The first-order valence-electron chi connectivity index (χ1n) is 9.95. The average Bonchev–Trinajstić information content (AvgIpc) is 3.42. The van der Waals surface area contributed by atoms with Gasteiger partial charge in [0, 0.05) is 57.7 Å². The Labute approximate surface area is 185 Å². The van der Waals surface area contributed by atoms with Crippen molar-refractivity contribution >= 4 is 68.2 Å². The first-order valence-corrected chi connectivity index (χ1v) is 9.95. The van der Waals surface area contributed by atoms with E-state index < -0.39 is 9.85 Å². The average molecular weight is 433 g/mol. The van der Waals surface area contributed by atoms with E-state index in [-0.39, 0.29) is 11.4 Å². The van der Waals surface area contributed by atoms with Crippen LogP contribution in [0.25, 0.3) is 54.9 Å². The van der Waals surface area contributed by atoms with Gasteiger partial charge in [-0.2, -0.15) is 0 Å². The summed E-state index contributed by atoms with van der Waals surface area (Å²) in [6, 6.07) is 14.5. The molecule has 0 unspecified atom stereocenters. The number of benzene rings is 4. The third-order valence-electron chi connectivity index (χ3n) is 5.91. The minimum Gasteiger partial charge on any atom is -0.360 e. The van der Waals surface area contributed by atoms with Crippen LogP contribution >= 0.6 is 0 Å². The molecule has 10 heteroatoms. The molecule has 0 bridgehead atoms. The van der Waals surface area contributed by atoms with E-state index in [1.807, 2.05) is 24.4 Å². The van der Waals surface area contributed by atoms with E-state index in [0.717, 1.165) is 16.5 Å². The van der Waals surface area contributed by atoms with Crippen LogP contribution in [0.4, 0.5) is 11.4 Å². The van der Waals surface area contributed by atoms with E-state index in [9.17, 15) is 20.2 Å². The number of hydrogen-bond donors (Lipinski definition) is 2. The topological polar surface area (TPSA) is 131 Å². The van der Waals surface area contributed by atoms with Crippen molar-refractivity contribution in [2.45, 2.75) is 0 Å². The molecule has 2 heterocycles. The van der Waals surface area contributed by atoms with E-state index in [4.69, 9.17) is 12.8 Å². The highest BCUT2D eigenvalue weighted by Crippen LogP contribution is 2.39. The van der Waals surface area contributed by atoms with Crippen LogP contribution in [0.5, 0.6) is 0 Å². The van der Waals surface area contributed by atoms with Gasteiger partial charge in [-0.05, 0) is 29.0 Å². The molecule has 0 spiro atoms. The van der Waals surface area contributed by atoms with Crippen molar-refractivity contribution in [1.82, 2.24) is 15.0 Å². The Kier molecular flexibility index (Phi) is 3.82. The molecule has 4 aromatic carbocycles. The number of nitrogens with one attached hydrogen (secondary N) is 2. The minimum atomic E-state index is -0.487. The summed E-state index contributed by atoms with van der Waals surface area (Å²) in [5.74, 6) is 0.590. The standard InChI is InChI=1S/C23H12BN5O4/c24-11-1-6-20-18(7-11)19(10-25-20)23-26-21-14-4-2-12(28(30)31)8-16(14)17-9-13(29(32)33)3-5-15(17)22(21)27-23/h1-10,25H,(H,26,27). The zero-order chi connectivity index (χ0) is 22.9. The molecule has 2 radical (unpaired) electrons. The molecule has 6 aromatic rings. The van der Waals surface area contributed by atoms with Gasteiger partial charge < -0.3 is 9.97 Å². The Hall–Kier alpha value is -4.73. The molecule has 2 N–H and O–H groups in total. The number of nitro groups is 2. The van der Waals surface area contributed by atoms with Gasteiger partial charge in [0.1, 0.15) is 13.7 Å². The molecule has 0 aliphatic heterocycles. The number of H-pyrrole nitrogens is 2. The second kappa shape index (κ2) is 6.63. The number of imidazole rings is 1. The van der Waals surface area contributed by atoms with Crippen LogP contribution in [0.15, 0.2) is 60.8 Å². The summed E-state index contributed by atoms with van der Waals surface area (Å²) in [6.45, 7) is 0. The van der Waals surface area contributed by atoms with Gasteiger partial charge in [0.25, 0.3) is 11.4 Å². The van der Waals surface area contributed by atoms with Gasteiger partial charge in [0.15, 0.2) is 0 Å². The Morgan fingerprint density at radius 2 is 1.45 bits per heavy atom. The van der Waals surface area contributed by atoms with E-state index in [1.54, 1.807) is 12.1 Å². The highest BCUT2D eigenvalue weighted by Gasteiger charge is 2.19. The van der Waals surface area contributed by atoms with E-state index in [2.05, 4.69) is 9.97 Å². The molecule has 2 aromatic heterocycles. The van der Waals surface area contributed by atoms with E-state index in [0.29, 0.717) is 43.9 Å². The molecule has 0 saturated heterocycles. The second-order valence-corrected chi connectivity index (χ2v) is 7.79. The predicted molar refractivity (Wildman–Crippen MR) is 127 cm³/mol. The molecule has 9 nitrogen and oxygen atoms in total. The largest absolute Gasteiger partial charge is 0.360 e. The second-order valence-electron chi connectivity index (χ2n) is 7.79. The molecule has 0 amide bonds. The molecule has 0 fully saturated rings. The number of aromatic nitrogens is 3. The molecule has 0 saturated carbocycles. The first kappa shape index (κ1) is 19.0. The Morgan fingerprint density at radius 3 is 2.15 bits per heavy atom. The lowest BCUT2D eigenvalue weighted by Crippen LogP contribution is -1.99. The quantitative estimate of drug-likeness (QED) is 0.182. The maximum Gasteiger partial charge on any atom is 0.270 e. The monoisotopic (exact) mass is 433 g/mol. The fourth-order valence-electron chi connectivity index (χ4n) is 4.39. The van der Waals surface area contributed by atoms with Crippen LogP contribution in [0.1, 0.15) is 0 Å². The van der Waals surface area contributed by atoms with Crippen molar-refractivity contribution < 1.29 is 9.85 Å². The lowest BCUT2D eigenvalue weighted by molar-refractivity contribution is -0.385. The zero-order valence-corrected chi connectivity index (χ0v) is 16.8. The molecule has 6 rings (SSSR count). The van der Waals surface area contributed by atoms with Crippen LogP contribution in [0, 0.1) is 20.2 Å². The van der Waals surface area contributed by atoms with Crippen molar-refractivity contribution in [2.24, 2.45) is 0 Å². The summed E-state index contributed by atoms with van der Waals surface area (Å²) >= 11 is 0. The number of fused-ring (bicyclic) bond motifs is 7. The number of hydrogen-bond acceptors (Lipinski definition) is 5. The first-order chi connectivity index (χ1) is 15.9. The number of aromatic amines is 2. The highest BCUT2D eigenvalue weighted by atomic mass is 16.6. The summed E-state index contributed by atoms with van der Waals surface area (Å²) in [5.41, 5.74) is 3.46. The van der Waals surface area contributed by atoms with Crippen LogP contribution < -0.4 is 5.46 Å². The fourth-order valence-corrected chi connectivity index (χ4v) is 4.39. The van der Waals surface area contributed by atoms with Gasteiger partial charge in [-0.15, -0.1) is 0 Å². The van der Waals surface area contributed by atoms with Crippen molar-refractivity contribution in [2.75, 3.05) is 0 Å². The lowest BCUT2D eigenvalue weighted by Gasteiger charge is -2.06. The van der Waals surface area contributed by atoms with Gasteiger partial charge in [0.05, 0.1) is 20.9 Å². The predicted octanol–water partition coefficient (Wildman–Crippen LogP) is 4.63. The highest BCUT2D eigenvalue weighted by molar-refractivity contribution is 6.33. The van der Waals surface area contributed by atoms with E-state index in [1.165, 1.54) is 24.3 Å². The normalized spacial score (nSPS) is 11.6. The van der Waals surface area contributed by atoms with E-state index >= 15 is 0 Å². The van der Waals surface area contributed by atoms with Crippen LogP contribution in [-0.4, -0.2) is 32.6 Å². The summed E-state index contributed by atoms with van der Waals surface area (Å²) in [5, 5.41) is 26.1. The van der Waals surface area contributed by atoms with Crippen molar-refractivity contribution in [3.05, 3.63) is 81.0 Å². The Morgan fingerprint density at radius 1 is 0.788 bits per heavy atom. The molecule has 0 aliphatic carbocycles. The summed E-state index contributed by atoms with van der Waals surface area (Å²) in [7, 11) is 5.98. The summed E-state index contributed by atoms with van der Waals surface area (Å²) in [6.07, 6.45) is 1.84. The maximum atomic E-state index is 11.4. The number of nitrogens with zero attached hydrogens (tertiary/aromatic N) is 3. The molecule has 0 atom stereocenters. The molecule has 0 aliphatic rings. The SMILES string of the molecule is [B]c1ccc2[nH]cc(-c3nc4c5ccc([N+](=O)[O-])cc5c5cc([N+](=O)[O-])ccc5c4[nH]3)c2c1. The van der Waals surface area contributed by atoms with Gasteiger partial charge in [0.2, 0.25) is 0 Å². The third-order valence-corrected chi connectivity index (χ3v) is 5.91. The lowest BCUT2D eigenvalue weighted by atomic mass is 9.94. The smallest absolute Gasteiger partial charge is 0.270 e. The van der Waals surface area contributed by atoms with Gasteiger partial charge in [-0.3, -0.25) is 20.2 Å². The van der Waals surface area contributed by atoms with Gasteiger partial charge in [-0.1, -0.05) is 17.6 Å². The molecular weight excluding hydrogens is 421 g/mol. The van der Waals surface area contributed by atoms with Crippen molar-refractivity contribution in [3.8, 4) is 11.4 Å². The number of non-ortho nitro benzene ring substituents is 2. The third kappa shape index (κ3) is 2.77. The van der Waals surface area contributed by atoms with Crippen LogP contribution in [0.2, 0.25) is 0 Å². The van der Waals surface area contributed by atoms with Crippen molar-refractivity contribution in [1.29, 1.82) is 0 Å². The molecule has 33 heavy (non-hydrogen) atoms. The van der Waals surface area contributed by atoms with Crippen LogP contribution in [-0.2, 0) is 0 Å². The summed E-state index contributed by atoms with van der Waals surface area (Å²) in [4.78, 5) is 33.2. The van der Waals surface area contributed by atoms with Crippen LogP contribution in [0.3, 0.4) is 0 Å². The van der Waals surface area contributed by atoms with Gasteiger partial charge >= 0.3 is 0 Å². The Bertz CT molecular complexity index is 1710.